The van der Waals surface area contributed by atoms with Crippen molar-refractivity contribution in [3.63, 3.8) is 0 Å². The molecule has 0 saturated carbocycles. The number of nitrogens with zero attached hydrogens (tertiary/aromatic N) is 2. The molecule has 9 nitrogen and oxygen atoms in total. The van der Waals surface area contributed by atoms with E-state index in [2.05, 4.69) is 22.3 Å². The highest BCUT2D eigenvalue weighted by molar-refractivity contribution is 5.94. The SMILES string of the molecule is CCCn1cc(-c2cccc([C@@H](C)NC(=O)c3[nH]c(=O)[nH]c(=O)c3O)c2)cn1. The van der Waals surface area contributed by atoms with E-state index in [1.165, 1.54) is 0 Å². The molecule has 4 N–H and O–H groups in total. The Kier molecular flexibility index (Phi) is 5.44. The molecule has 0 saturated heterocycles. The quantitative estimate of drug-likeness (QED) is 0.512. The number of hydrogen-bond donors (Lipinski definition) is 4. The topological polar surface area (TPSA) is 133 Å². The van der Waals surface area contributed by atoms with Gasteiger partial charge in [0.1, 0.15) is 0 Å². The van der Waals surface area contributed by atoms with E-state index in [0.717, 1.165) is 29.7 Å². The molecular weight excluding hydrogens is 362 g/mol. The van der Waals surface area contributed by atoms with Crippen molar-refractivity contribution < 1.29 is 9.90 Å². The normalized spacial score (nSPS) is 11.9. The second kappa shape index (κ2) is 7.95. The maximum absolute atomic E-state index is 12.4. The van der Waals surface area contributed by atoms with Gasteiger partial charge in [-0.25, -0.2) is 4.79 Å². The molecule has 2 aromatic heterocycles. The third-order valence-electron chi connectivity index (χ3n) is 4.30. The summed E-state index contributed by atoms with van der Waals surface area (Å²) in [5, 5.41) is 16.7. The molecule has 0 spiro atoms. The molecule has 0 aliphatic heterocycles. The van der Waals surface area contributed by atoms with Crippen molar-refractivity contribution in [2.75, 3.05) is 0 Å². The average Bonchev–Trinajstić information content (AvgIpc) is 3.13. The monoisotopic (exact) mass is 383 g/mol. The van der Waals surface area contributed by atoms with Gasteiger partial charge in [-0.3, -0.25) is 24.2 Å². The van der Waals surface area contributed by atoms with Crippen molar-refractivity contribution in [3.05, 3.63) is 68.8 Å². The van der Waals surface area contributed by atoms with Crippen LogP contribution < -0.4 is 16.6 Å². The fourth-order valence-electron chi connectivity index (χ4n) is 2.85. The van der Waals surface area contributed by atoms with Crippen molar-refractivity contribution in [2.24, 2.45) is 0 Å². The Balaban J connectivity index is 1.81. The van der Waals surface area contributed by atoms with Crippen LogP contribution in [-0.2, 0) is 6.54 Å². The van der Waals surface area contributed by atoms with Crippen molar-refractivity contribution in [1.82, 2.24) is 25.1 Å². The molecule has 0 unspecified atom stereocenters. The van der Waals surface area contributed by atoms with Gasteiger partial charge >= 0.3 is 5.69 Å². The van der Waals surface area contributed by atoms with Crippen LogP contribution in [0.4, 0.5) is 0 Å². The van der Waals surface area contributed by atoms with Crippen molar-refractivity contribution in [3.8, 4) is 16.9 Å². The third kappa shape index (κ3) is 4.03. The molecule has 146 valence electrons. The minimum atomic E-state index is -1.02. The number of carbonyl (C=O) groups excluding carboxylic acids is 1. The molecule has 0 radical (unpaired) electrons. The molecule has 2 heterocycles. The van der Waals surface area contributed by atoms with Crippen LogP contribution in [0.1, 0.15) is 42.4 Å². The van der Waals surface area contributed by atoms with E-state index in [1.807, 2.05) is 40.1 Å². The van der Waals surface area contributed by atoms with Gasteiger partial charge in [0.2, 0.25) is 5.75 Å². The smallest absolute Gasteiger partial charge is 0.326 e. The summed E-state index contributed by atoms with van der Waals surface area (Å²) in [6, 6.07) is 7.17. The molecular formula is C19H21N5O4. The van der Waals surface area contributed by atoms with E-state index in [9.17, 15) is 19.5 Å². The van der Waals surface area contributed by atoms with Crippen LogP contribution in [0.5, 0.6) is 5.75 Å². The number of amides is 1. The zero-order valence-electron chi connectivity index (χ0n) is 15.5. The summed E-state index contributed by atoms with van der Waals surface area (Å²) in [4.78, 5) is 39.2. The molecule has 0 bridgehead atoms. The predicted molar refractivity (Wildman–Crippen MR) is 103 cm³/mol. The lowest BCUT2D eigenvalue weighted by Gasteiger charge is -2.15. The van der Waals surface area contributed by atoms with E-state index in [-0.39, 0.29) is 0 Å². The number of aromatic nitrogens is 4. The average molecular weight is 383 g/mol. The Bertz CT molecular complexity index is 1110. The summed E-state index contributed by atoms with van der Waals surface area (Å²) in [6.07, 6.45) is 4.74. The lowest BCUT2D eigenvalue weighted by Crippen LogP contribution is -2.32. The van der Waals surface area contributed by atoms with Crippen LogP contribution in [0.2, 0.25) is 0 Å². The highest BCUT2D eigenvalue weighted by Gasteiger charge is 2.18. The highest BCUT2D eigenvalue weighted by atomic mass is 16.3. The molecule has 9 heteroatoms. The maximum atomic E-state index is 12.4. The van der Waals surface area contributed by atoms with Gasteiger partial charge in [0.25, 0.3) is 11.5 Å². The molecule has 0 fully saturated rings. The van der Waals surface area contributed by atoms with Crippen LogP contribution >= 0.6 is 0 Å². The van der Waals surface area contributed by atoms with Gasteiger partial charge in [-0.05, 0) is 30.5 Å². The van der Waals surface area contributed by atoms with E-state index >= 15 is 0 Å². The zero-order valence-corrected chi connectivity index (χ0v) is 15.5. The van der Waals surface area contributed by atoms with E-state index < -0.39 is 34.6 Å². The molecule has 0 aliphatic rings. The number of nitrogens with one attached hydrogen (secondary N) is 3. The second-order valence-corrected chi connectivity index (χ2v) is 6.44. The Hall–Kier alpha value is -3.62. The predicted octanol–water partition coefficient (Wildman–Crippen LogP) is 1.53. The largest absolute Gasteiger partial charge is 0.501 e. The maximum Gasteiger partial charge on any atom is 0.326 e. The number of hydrogen-bond acceptors (Lipinski definition) is 5. The van der Waals surface area contributed by atoms with Crippen LogP contribution in [0, 0.1) is 0 Å². The number of aromatic amines is 2. The van der Waals surface area contributed by atoms with Crippen LogP contribution in [0.3, 0.4) is 0 Å². The molecule has 3 aromatic rings. The standard InChI is InChI=1S/C19H21N5O4/c1-3-7-24-10-14(9-20-24)13-6-4-5-12(8-13)11(2)21-17(26)15-16(25)18(27)23-19(28)22-15/h4-6,8-11,25H,3,7H2,1-2H3,(H,21,26)(H2,22,23,27,28)/t11-/m1/s1. The van der Waals surface area contributed by atoms with Crippen LogP contribution in [0.25, 0.3) is 11.1 Å². The van der Waals surface area contributed by atoms with Crippen LogP contribution in [-0.4, -0.2) is 30.8 Å². The van der Waals surface area contributed by atoms with Gasteiger partial charge in [0.05, 0.1) is 12.2 Å². The van der Waals surface area contributed by atoms with Gasteiger partial charge in [0, 0.05) is 18.3 Å². The molecule has 28 heavy (non-hydrogen) atoms. The van der Waals surface area contributed by atoms with Crippen molar-refractivity contribution in [1.29, 1.82) is 0 Å². The van der Waals surface area contributed by atoms with E-state index in [1.54, 1.807) is 13.1 Å². The summed E-state index contributed by atoms with van der Waals surface area (Å²) in [5.41, 5.74) is 0.372. The fraction of sp³-hybridized carbons (Fsp3) is 0.263. The first-order valence-corrected chi connectivity index (χ1v) is 8.88. The number of aromatic hydroxyl groups is 1. The molecule has 0 aliphatic carbocycles. The zero-order chi connectivity index (χ0) is 20.3. The Morgan fingerprint density at radius 2 is 2.07 bits per heavy atom. The Morgan fingerprint density at radius 1 is 1.29 bits per heavy atom. The Morgan fingerprint density at radius 3 is 2.82 bits per heavy atom. The first-order valence-electron chi connectivity index (χ1n) is 8.88. The van der Waals surface area contributed by atoms with Gasteiger partial charge in [-0.2, -0.15) is 5.10 Å². The molecule has 1 atom stereocenters. The second-order valence-electron chi connectivity index (χ2n) is 6.44. The van der Waals surface area contributed by atoms with Gasteiger partial charge in [-0.15, -0.1) is 0 Å². The van der Waals surface area contributed by atoms with Gasteiger partial charge < -0.3 is 10.4 Å². The number of H-pyrrole nitrogens is 2. The van der Waals surface area contributed by atoms with E-state index in [0.29, 0.717) is 0 Å². The van der Waals surface area contributed by atoms with Crippen molar-refractivity contribution >= 4 is 5.91 Å². The lowest BCUT2D eigenvalue weighted by molar-refractivity contribution is 0.0931. The van der Waals surface area contributed by atoms with Gasteiger partial charge in [0.15, 0.2) is 5.69 Å². The number of benzene rings is 1. The molecule has 1 amide bonds. The number of aryl methyl sites for hydroxylation is 1. The lowest BCUT2D eigenvalue weighted by atomic mass is 10.0. The number of carbonyl (C=O) groups is 1. The molecule has 3 rings (SSSR count). The summed E-state index contributed by atoms with van der Waals surface area (Å²) >= 11 is 0. The minimum Gasteiger partial charge on any atom is -0.501 e. The summed E-state index contributed by atoms with van der Waals surface area (Å²) < 4.78 is 1.87. The van der Waals surface area contributed by atoms with Crippen molar-refractivity contribution in [2.45, 2.75) is 32.9 Å². The Labute approximate surface area is 160 Å². The summed E-state index contributed by atoms with van der Waals surface area (Å²) in [5.74, 6) is -1.59. The first-order chi connectivity index (χ1) is 13.4. The minimum absolute atomic E-state index is 0.430. The summed E-state index contributed by atoms with van der Waals surface area (Å²) in [7, 11) is 0. The third-order valence-corrected chi connectivity index (χ3v) is 4.30. The van der Waals surface area contributed by atoms with Crippen LogP contribution in [0.15, 0.2) is 46.2 Å². The fourth-order valence-corrected chi connectivity index (χ4v) is 2.85. The highest BCUT2D eigenvalue weighted by Crippen LogP contribution is 2.23. The summed E-state index contributed by atoms with van der Waals surface area (Å²) in [6.45, 7) is 4.68. The first kappa shape index (κ1) is 19.2. The molecule has 1 aromatic carbocycles. The van der Waals surface area contributed by atoms with Gasteiger partial charge in [-0.1, -0.05) is 25.1 Å². The van der Waals surface area contributed by atoms with E-state index in [4.69, 9.17) is 0 Å². The number of rotatable bonds is 6.